The first-order chi connectivity index (χ1) is 18.8. The quantitative estimate of drug-likeness (QED) is 0.142. The first kappa shape index (κ1) is 26.6. The summed E-state index contributed by atoms with van der Waals surface area (Å²) in [6.45, 7) is 4.67. The number of benzene rings is 3. The van der Waals surface area contributed by atoms with Gasteiger partial charge in [0, 0.05) is 10.6 Å². The van der Waals surface area contributed by atoms with Gasteiger partial charge in [0.1, 0.15) is 11.6 Å². The van der Waals surface area contributed by atoms with Crippen LogP contribution in [0.1, 0.15) is 37.4 Å². The molecule has 1 N–H and O–H groups in total. The highest BCUT2D eigenvalue weighted by molar-refractivity contribution is 7.22. The SMILES string of the molecule is CCCOc1ccc(C2/C(=C(\O)c3ccc(Cl)cc3)C(=O)C(=O)N2c2nc3ccc(F)cc3s2)cc1OCC. The van der Waals surface area contributed by atoms with E-state index in [1.54, 1.807) is 42.5 Å². The van der Waals surface area contributed by atoms with Gasteiger partial charge < -0.3 is 14.6 Å². The van der Waals surface area contributed by atoms with Crippen molar-refractivity contribution in [3.63, 3.8) is 0 Å². The zero-order valence-electron chi connectivity index (χ0n) is 21.1. The van der Waals surface area contributed by atoms with Crippen LogP contribution in [0, 0.1) is 5.82 Å². The number of aliphatic hydroxyl groups is 1. The molecule has 7 nitrogen and oxygen atoms in total. The smallest absolute Gasteiger partial charge is 0.301 e. The predicted molar refractivity (Wildman–Crippen MR) is 149 cm³/mol. The van der Waals surface area contributed by atoms with Gasteiger partial charge in [0.15, 0.2) is 16.6 Å². The molecule has 0 aliphatic carbocycles. The van der Waals surface area contributed by atoms with Crippen molar-refractivity contribution in [1.82, 2.24) is 4.98 Å². The number of fused-ring (bicyclic) bond motifs is 1. The Morgan fingerprint density at radius 3 is 2.54 bits per heavy atom. The van der Waals surface area contributed by atoms with Crippen LogP contribution >= 0.6 is 22.9 Å². The number of anilines is 1. The molecule has 0 spiro atoms. The van der Waals surface area contributed by atoms with Crippen LogP contribution in [0.4, 0.5) is 9.52 Å². The zero-order chi connectivity index (χ0) is 27.7. The van der Waals surface area contributed by atoms with Crippen LogP contribution < -0.4 is 14.4 Å². The molecule has 1 aliphatic heterocycles. The summed E-state index contributed by atoms with van der Waals surface area (Å²) in [7, 11) is 0. The van der Waals surface area contributed by atoms with Crippen LogP contribution in [0.25, 0.3) is 16.0 Å². The summed E-state index contributed by atoms with van der Waals surface area (Å²) in [5, 5.41) is 12.0. The highest BCUT2D eigenvalue weighted by Gasteiger charge is 2.48. The van der Waals surface area contributed by atoms with Gasteiger partial charge in [-0.2, -0.15) is 0 Å². The molecule has 1 aromatic heterocycles. The number of thiazole rings is 1. The van der Waals surface area contributed by atoms with Gasteiger partial charge in [-0.3, -0.25) is 14.5 Å². The van der Waals surface area contributed by atoms with Gasteiger partial charge in [0.2, 0.25) is 0 Å². The lowest BCUT2D eigenvalue weighted by Gasteiger charge is -2.24. The lowest BCUT2D eigenvalue weighted by atomic mass is 9.95. The average Bonchev–Trinajstić information content (AvgIpc) is 3.45. The lowest BCUT2D eigenvalue weighted by Crippen LogP contribution is -2.29. The number of ketones is 1. The minimum absolute atomic E-state index is 0.113. The van der Waals surface area contributed by atoms with Gasteiger partial charge >= 0.3 is 5.91 Å². The van der Waals surface area contributed by atoms with E-state index in [1.165, 1.54) is 23.1 Å². The third-order valence-corrected chi connectivity index (χ3v) is 7.42. The van der Waals surface area contributed by atoms with E-state index in [1.807, 2.05) is 13.8 Å². The summed E-state index contributed by atoms with van der Waals surface area (Å²) in [6.07, 6.45) is 0.798. The van der Waals surface area contributed by atoms with Crippen molar-refractivity contribution < 1.29 is 28.6 Å². The Morgan fingerprint density at radius 2 is 1.82 bits per heavy atom. The fourth-order valence-electron chi connectivity index (χ4n) is 4.39. The molecule has 200 valence electrons. The fraction of sp³-hybridized carbons (Fsp3) is 0.207. The molecular weight excluding hydrogens is 543 g/mol. The Morgan fingerprint density at radius 1 is 1.05 bits per heavy atom. The van der Waals surface area contributed by atoms with Crippen LogP contribution in [0.15, 0.2) is 66.2 Å². The Labute approximate surface area is 233 Å². The first-order valence-electron chi connectivity index (χ1n) is 12.3. The normalized spacial score (nSPS) is 16.7. The Kier molecular flexibility index (Phi) is 7.54. The van der Waals surface area contributed by atoms with Crippen molar-refractivity contribution >= 4 is 55.7 Å². The van der Waals surface area contributed by atoms with Crippen LogP contribution in [0.3, 0.4) is 0 Å². The third-order valence-electron chi connectivity index (χ3n) is 6.15. The van der Waals surface area contributed by atoms with Gasteiger partial charge in [0.25, 0.3) is 5.78 Å². The molecular formula is C29H24ClFN2O5S. The lowest BCUT2D eigenvalue weighted by molar-refractivity contribution is -0.132. The monoisotopic (exact) mass is 566 g/mol. The van der Waals surface area contributed by atoms with E-state index < -0.39 is 23.5 Å². The van der Waals surface area contributed by atoms with E-state index in [0.717, 1.165) is 17.8 Å². The molecule has 39 heavy (non-hydrogen) atoms. The highest BCUT2D eigenvalue weighted by Crippen LogP contribution is 2.46. The van der Waals surface area contributed by atoms with Crippen molar-refractivity contribution in [2.24, 2.45) is 0 Å². The summed E-state index contributed by atoms with van der Waals surface area (Å²) < 4.78 is 26.1. The molecule has 0 saturated carbocycles. The highest BCUT2D eigenvalue weighted by atomic mass is 35.5. The second-order valence-electron chi connectivity index (χ2n) is 8.77. The number of carbonyl (C=O) groups excluding carboxylic acids is 2. The van der Waals surface area contributed by atoms with E-state index in [4.69, 9.17) is 21.1 Å². The summed E-state index contributed by atoms with van der Waals surface area (Å²) in [4.78, 5) is 32.7. The maximum atomic E-state index is 13.9. The number of hydrogen-bond acceptors (Lipinski definition) is 7. The number of ether oxygens (including phenoxy) is 2. The van der Waals surface area contributed by atoms with Gasteiger partial charge in [-0.1, -0.05) is 35.9 Å². The molecule has 0 radical (unpaired) electrons. The van der Waals surface area contributed by atoms with E-state index in [9.17, 15) is 19.1 Å². The van der Waals surface area contributed by atoms with Gasteiger partial charge in [-0.05, 0) is 73.5 Å². The molecule has 0 bridgehead atoms. The summed E-state index contributed by atoms with van der Waals surface area (Å²) in [6, 6.07) is 14.5. The van der Waals surface area contributed by atoms with E-state index in [-0.39, 0.29) is 16.5 Å². The average molecular weight is 567 g/mol. The van der Waals surface area contributed by atoms with Crippen molar-refractivity contribution in [2.45, 2.75) is 26.3 Å². The van der Waals surface area contributed by atoms with E-state index in [0.29, 0.717) is 51.1 Å². The van der Waals surface area contributed by atoms with Crippen LogP contribution in [-0.2, 0) is 9.59 Å². The third kappa shape index (κ3) is 5.07. The summed E-state index contributed by atoms with van der Waals surface area (Å²) in [5.41, 5.74) is 1.19. The second kappa shape index (κ2) is 11.0. The molecule has 1 amide bonds. The van der Waals surface area contributed by atoms with Gasteiger partial charge in [0.05, 0.1) is 35.0 Å². The second-order valence-corrected chi connectivity index (χ2v) is 10.2. The van der Waals surface area contributed by atoms with Crippen LogP contribution in [0.5, 0.6) is 11.5 Å². The molecule has 1 aliphatic rings. The molecule has 1 saturated heterocycles. The Hall–Kier alpha value is -3.95. The molecule has 5 rings (SSSR count). The summed E-state index contributed by atoms with van der Waals surface area (Å²) >= 11 is 7.09. The number of amides is 1. The van der Waals surface area contributed by atoms with Crippen LogP contribution in [0.2, 0.25) is 5.02 Å². The molecule has 1 atom stereocenters. The number of nitrogens with zero attached hydrogens (tertiary/aromatic N) is 2. The summed E-state index contributed by atoms with van der Waals surface area (Å²) in [5.74, 6) is -1.57. The first-order valence-corrected chi connectivity index (χ1v) is 13.5. The number of aliphatic hydroxyl groups excluding tert-OH is 1. The molecule has 4 aromatic rings. The number of halogens is 2. The van der Waals surface area contributed by atoms with Crippen molar-refractivity contribution in [3.8, 4) is 11.5 Å². The number of hydrogen-bond donors (Lipinski definition) is 1. The molecule has 10 heteroatoms. The minimum atomic E-state index is -1.04. The van der Waals surface area contributed by atoms with Gasteiger partial charge in [-0.25, -0.2) is 9.37 Å². The van der Waals surface area contributed by atoms with E-state index in [2.05, 4.69) is 4.98 Å². The predicted octanol–water partition coefficient (Wildman–Crippen LogP) is 6.90. The number of carbonyl (C=O) groups is 2. The van der Waals surface area contributed by atoms with Crippen molar-refractivity contribution in [1.29, 1.82) is 0 Å². The van der Waals surface area contributed by atoms with Crippen molar-refractivity contribution in [2.75, 3.05) is 18.1 Å². The van der Waals surface area contributed by atoms with Crippen molar-refractivity contribution in [3.05, 3.63) is 88.2 Å². The zero-order valence-corrected chi connectivity index (χ0v) is 22.7. The number of Topliss-reactive ketones (excluding diaryl/α,β-unsaturated/α-hetero) is 1. The minimum Gasteiger partial charge on any atom is -0.507 e. The standard InChI is InChI=1S/C29H24ClFN2O5S/c1-3-13-38-21-12-7-17(14-22(21)37-4-2)25-24(26(34)16-5-8-18(30)9-6-16)27(35)28(36)33(25)29-32-20-11-10-19(31)15-23(20)39-29/h5-12,14-15,25,34H,3-4,13H2,1-2H3/b26-24+. The Bertz CT molecular complexity index is 1600. The number of rotatable bonds is 8. The Balaban J connectivity index is 1.71. The maximum Gasteiger partial charge on any atom is 0.301 e. The molecule has 2 heterocycles. The van der Waals surface area contributed by atoms with Gasteiger partial charge in [-0.15, -0.1) is 0 Å². The topological polar surface area (TPSA) is 89.0 Å². The maximum absolute atomic E-state index is 13.9. The number of aromatic nitrogens is 1. The molecule has 1 unspecified atom stereocenters. The van der Waals surface area contributed by atoms with Crippen LogP contribution in [-0.4, -0.2) is 35.0 Å². The molecule has 3 aromatic carbocycles. The largest absolute Gasteiger partial charge is 0.507 e. The van der Waals surface area contributed by atoms with E-state index >= 15 is 0 Å². The fourth-order valence-corrected chi connectivity index (χ4v) is 5.54. The molecule has 1 fully saturated rings.